The molecule has 29 heavy (non-hydrogen) atoms. The molecular formula is C19H22FN5O3S. The quantitative estimate of drug-likeness (QED) is 0.784. The van der Waals surface area contributed by atoms with Gasteiger partial charge in [0, 0.05) is 24.3 Å². The van der Waals surface area contributed by atoms with E-state index in [0.29, 0.717) is 50.0 Å². The molecule has 154 valence electrons. The van der Waals surface area contributed by atoms with Gasteiger partial charge in [0.2, 0.25) is 10.0 Å². The number of rotatable bonds is 3. The molecule has 0 radical (unpaired) electrons. The minimum atomic E-state index is -3.36. The van der Waals surface area contributed by atoms with Gasteiger partial charge >= 0.3 is 0 Å². The molecule has 1 aliphatic carbocycles. The SMILES string of the molecule is Nc1nn(C(=O)C2CCNc3ccc(F)cc32)c2c1CCN(S(=O)(=O)C1CC1)C2. The molecule has 0 spiro atoms. The predicted molar refractivity (Wildman–Crippen MR) is 106 cm³/mol. The van der Waals surface area contributed by atoms with Crippen molar-refractivity contribution in [1.82, 2.24) is 14.1 Å². The van der Waals surface area contributed by atoms with Crippen LogP contribution < -0.4 is 11.1 Å². The smallest absolute Gasteiger partial charge is 0.254 e. The summed E-state index contributed by atoms with van der Waals surface area (Å²) in [6.07, 6.45) is 2.29. The fourth-order valence-corrected chi connectivity index (χ4v) is 6.09. The van der Waals surface area contributed by atoms with Crippen LogP contribution in [-0.4, -0.2) is 46.8 Å². The lowest BCUT2D eigenvalue weighted by Crippen LogP contribution is -2.39. The van der Waals surface area contributed by atoms with Crippen LogP contribution in [0.15, 0.2) is 18.2 Å². The van der Waals surface area contributed by atoms with E-state index in [1.54, 1.807) is 6.07 Å². The van der Waals surface area contributed by atoms with Crippen molar-refractivity contribution in [3.63, 3.8) is 0 Å². The number of hydrogen-bond acceptors (Lipinski definition) is 6. The molecule has 2 aliphatic heterocycles. The fourth-order valence-electron chi connectivity index (χ4n) is 4.29. The van der Waals surface area contributed by atoms with Gasteiger partial charge in [-0.3, -0.25) is 4.79 Å². The van der Waals surface area contributed by atoms with Crippen LogP contribution in [0.25, 0.3) is 0 Å². The van der Waals surface area contributed by atoms with Crippen LogP contribution in [0.4, 0.5) is 15.9 Å². The average Bonchev–Trinajstić information content (AvgIpc) is 3.52. The van der Waals surface area contributed by atoms with E-state index in [2.05, 4.69) is 10.4 Å². The second-order valence-corrected chi connectivity index (χ2v) is 10.1. The lowest BCUT2D eigenvalue weighted by Gasteiger charge is -2.29. The number of halogens is 1. The lowest BCUT2D eigenvalue weighted by atomic mass is 9.90. The van der Waals surface area contributed by atoms with E-state index in [1.165, 1.54) is 21.1 Å². The summed E-state index contributed by atoms with van der Waals surface area (Å²) in [5.41, 5.74) is 8.62. The first kappa shape index (κ1) is 18.6. The number of carbonyl (C=O) groups excluding carboxylic acids is 1. The van der Waals surface area contributed by atoms with Gasteiger partial charge in [0.15, 0.2) is 0 Å². The largest absolute Gasteiger partial charge is 0.385 e. The summed E-state index contributed by atoms with van der Waals surface area (Å²) in [5.74, 6) is -1.03. The highest BCUT2D eigenvalue weighted by Gasteiger charge is 2.42. The zero-order valence-corrected chi connectivity index (χ0v) is 16.6. The van der Waals surface area contributed by atoms with Gasteiger partial charge in [-0.25, -0.2) is 17.5 Å². The molecule has 0 amide bonds. The number of nitrogens with one attached hydrogen (secondary N) is 1. The molecule has 1 fully saturated rings. The van der Waals surface area contributed by atoms with Gasteiger partial charge in [0.05, 0.1) is 23.4 Å². The molecule has 0 bridgehead atoms. The van der Waals surface area contributed by atoms with Gasteiger partial charge in [-0.15, -0.1) is 5.10 Å². The van der Waals surface area contributed by atoms with E-state index in [4.69, 9.17) is 5.73 Å². The second-order valence-electron chi connectivity index (χ2n) is 7.89. The zero-order valence-electron chi connectivity index (χ0n) is 15.8. The van der Waals surface area contributed by atoms with Crippen LogP contribution in [0.2, 0.25) is 0 Å². The number of nitrogen functional groups attached to an aromatic ring is 1. The molecule has 10 heteroatoms. The van der Waals surface area contributed by atoms with E-state index in [9.17, 15) is 17.6 Å². The maximum atomic E-state index is 13.8. The first-order chi connectivity index (χ1) is 13.9. The number of anilines is 2. The molecule has 0 saturated heterocycles. The normalized spacial score (nSPS) is 21.9. The molecule has 5 rings (SSSR count). The van der Waals surface area contributed by atoms with Gasteiger partial charge in [-0.2, -0.15) is 4.31 Å². The van der Waals surface area contributed by atoms with Gasteiger partial charge in [-0.1, -0.05) is 0 Å². The van der Waals surface area contributed by atoms with Crippen molar-refractivity contribution in [1.29, 1.82) is 0 Å². The molecular weight excluding hydrogens is 397 g/mol. The van der Waals surface area contributed by atoms with E-state index < -0.39 is 21.8 Å². The third-order valence-corrected chi connectivity index (χ3v) is 8.35. The minimum absolute atomic E-state index is 0.0884. The molecule has 3 heterocycles. The Morgan fingerprint density at radius 3 is 2.83 bits per heavy atom. The number of hydrogen-bond donors (Lipinski definition) is 2. The average molecular weight is 419 g/mol. The molecule has 3 N–H and O–H groups in total. The van der Waals surface area contributed by atoms with Crippen molar-refractivity contribution in [3.05, 3.63) is 40.8 Å². The van der Waals surface area contributed by atoms with Crippen LogP contribution in [0, 0.1) is 5.82 Å². The van der Waals surface area contributed by atoms with Gasteiger partial charge in [0.1, 0.15) is 11.6 Å². The topological polar surface area (TPSA) is 110 Å². The molecule has 2 aromatic rings. The zero-order chi connectivity index (χ0) is 20.3. The Hall–Kier alpha value is -2.46. The van der Waals surface area contributed by atoms with E-state index in [1.807, 2.05) is 0 Å². The Kier molecular flexibility index (Phi) is 4.18. The number of sulfonamides is 1. The summed E-state index contributed by atoms with van der Waals surface area (Å²) in [4.78, 5) is 13.4. The summed E-state index contributed by atoms with van der Waals surface area (Å²) in [6.45, 7) is 1.01. The van der Waals surface area contributed by atoms with Gasteiger partial charge in [0.25, 0.3) is 5.91 Å². The molecule has 1 saturated carbocycles. The molecule has 1 atom stereocenters. The number of benzene rings is 1. The summed E-state index contributed by atoms with van der Waals surface area (Å²) in [7, 11) is -3.36. The molecule has 1 aromatic carbocycles. The van der Waals surface area contributed by atoms with Crippen LogP contribution in [-0.2, 0) is 23.0 Å². The summed E-state index contributed by atoms with van der Waals surface area (Å²) >= 11 is 0. The highest BCUT2D eigenvalue weighted by atomic mass is 32.2. The Morgan fingerprint density at radius 2 is 2.07 bits per heavy atom. The van der Waals surface area contributed by atoms with Crippen molar-refractivity contribution >= 4 is 27.4 Å². The van der Waals surface area contributed by atoms with E-state index in [-0.39, 0.29) is 23.5 Å². The van der Waals surface area contributed by atoms with Crippen LogP contribution >= 0.6 is 0 Å². The second kappa shape index (κ2) is 6.53. The lowest BCUT2D eigenvalue weighted by molar-refractivity contribution is 0.0850. The molecule has 1 aromatic heterocycles. The number of carbonyl (C=O) groups is 1. The third-order valence-electron chi connectivity index (χ3n) is 6.01. The first-order valence-corrected chi connectivity index (χ1v) is 11.3. The minimum Gasteiger partial charge on any atom is -0.385 e. The van der Waals surface area contributed by atoms with Crippen LogP contribution in [0.3, 0.4) is 0 Å². The Balaban J connectivity index is 1.51. The highest BCUT2D eigenvalue weighted by molar-refractivity contribution is 7.90. The maximum Gasteiger partial charge on any atom is 0.254 e. The molecule has 8 nitrogen and oxygen atoms in total. The van der Waals surface area contributed by atoms with Crippen molar-refractivity contribution in [3.8, 4) is 0 Å². The van der Waals surface area contributed by atoms with Gasteiger partial charge < -0.3 is 11.1 Å². The van der Waals surface area contributed by atoms with Gasteiger partial charge in [-0.05, 0) is 49.4 Å². The number of nitrogens with two attached hydrogens (primary N) is 1. The number of nitrogens with zero attached hydrogens (tertiary/aromatic N) is 3. The summed E-state index contributed by atoms with van der Waals surface area (Å²) < 4.78 is 41.9. The summed E-state index contributed by atoms with van der Waals surface area (Å²) in [5, 5.41) is 7.12. The fraction of sp³-hybridized carbons (Fsp3) is 0.474. The molecule has 1 unspecified atom stereocenters. The predicted octanol–water partition coefficient (Wildman–Crippen LogP) is 1.69. The summed E-state index contributed by atoms with van der Waals surface area (Å²) in [6, 6.07) is 4.35. The number of fused-ring (bicyclic) bond motifs is 2. The third kappa shape index (κ3) is 3.01. The Labute approximate surface area is 167 Å². The standard InChI is InChI=1S/C19H22FN5O3S/c20-11-1-4-16-15(9-11)13(5-7-22-16)19(26)25-17-10-24(29(27,28)12-2-3-12)8-6-14(17)18(21)23-25/h1,4,9,12-13,22H,2-3,5-8,10H2,(H2,21,23). The van der Waals surface area contributed by atoms with Crippen molar-refractivity contribution in [2.45, 2.75) is 43.4 Å². The number of aromatic nitrogens is 2. The van der Waals surface area contributed by atoms with E-state index >= 15 is 0 Å². The Morgan fingerprint density at radius 1 is 1.28 bits per heavy atom. The monoisotopic (exact) mass is 419 g/mol. The van der Waals surface area contributed by atoms with Crippen LogP contribution in [0.1, 0.15) is 46.8 Å². The maximum absolute atomic E-state index is 13.8. The van der Waals surface area contributed by atoms with Crippen molar-refractivity contribution in [2.75, 3.05) is 24.1 Å². The van der Waals surface area contributed by atoms with Crippen LogP contribution in [0.5, 0.6) is 0 Å². The van der Waals surface area contributed by atoms with E-state index in [0.717, 1.165) is 11.3 Å². The Bertz CT molecular complexity index is 1110. The van der Waals surface area contributed by atoms with Crippen molar-refractivity contribution < 1.29 is 17.6 Å². The van der Waals surface area contributed by atoms with Crippen molar-refractivity contribution in [2.24, 2.45) is 0 Å². The highest BCUT2D eigenvalue weighted by Crippen LogP contribution is 2.37. The first-order valence-electron chi connectivity index (χ1n) is 9.79. The molecule has 3 aliphatic rings.